The third kappa shape index (κ3) is 3.24. The van der Waals surface area contributed by atoms with E-state index in [1.165, 1.54) is 22.7 Å². The summed E-state index contributed by atoms with van der Waals surface area (Å²) < 4.78 is 0.908. The quantitative estimate of drug-likeness (QED) is 0.875. The zero-order valence-corrected chi connectivity index (χ0v) is 11.8. The van der Waals surface area contributed by atoms with Crippen molar-refractivity contribution in [1.82, 2.24) is 5.32 Å². The molecule has 0 aromatic carbocycles. The minimum Gasteiger partial charge on any atom is -0.344 e. The van der Waals surface area contributed by atoms with Gasteiger partial charge in [-0.25, -0.2) is 0 Å². The van der Waals surface area contributed by atoms with Gasteiger partial charge in [0, 0.05) is 0 Å². The van der Waals surface area contributed by atoms with Crippen LogP contribution in [0.1, 0.15) is 19.3 Å². The smallest absolute Gasteiger partial charge is 0.261 e. The molecule has 2 heterocycles. The Bertz CT molecular complexity index is 533. The van der Waals surface area contributed by atoms with Crippen LogP contribution in [0.2, 0.25) is 0 Å². The fraction of sp³-hybridized carbons (Fsp3) is 0.0909. The minimum absolute atomic E-state index is 0.0314. The summed E-state index contributed by atoms with van der Waals surface area (Å²) in [5, 5.41) is 4.43. The number of hydrogen-bond acceptors (Lipinski definition) is 4. The number of halogens is 1. The molecular formula is C11H8BrNO2S2. The van der Waals surface area contributed by atoms with E-state index in [0.29, 0.717) is 9.75 Å². The Morgan fingerprint density at radius 2 is 2.06 bits per heavy atom. The van der Waals surface area contributed by atoms with Gasteiger partial charge >= 0.3 is 0 Å². The van der Waals surface area contributed by atoms with Crippen molar-refractivity contribution in [1.29, 1.82) is 0 Å². The Kier molecular flexibility index (Phi) is 4.09. The SMILES string of the molecule is O=C(CNC(=O)c1cccs1)c1ccc(Br)s1. The predicted molar refractivity (Wildman–Crippen MR) is 73.0 cm³/mol. The van der Waals surface area contributed by atoms with E-state index in [2.05, 4.69) is 21.2 Å². The van der Waals surface area contributed by atoms with Crippen LogP contribution in [0.4, 0.5) is 0 Å². The lowest BCUT2D eigenvalue weighted by Gasteiger charge is -2.00. The molecule has 2 rings (SSSR count). The van der Waals surface area contributed by atoms with Gasteiger partial charge in [-0.3, -0.25) is 9.59 Å². The van der Waals surface area contributed by atoms with Gasteiger partial charge in [-0.1, -0.05) is 6.07 Å². The van der Waals surface area contributed by atoms with Gasteiger partial charge in [0.25, 0.3) is 5.91 Å². The summed E-state index contributed by atoms with van der Waals surface area (Å²) in [6.07, 6.45) is 0. The molecule has 0 aliphatic rings. The van der Waals surface area contributed by atoms with Gasteiger partial charge < -0.3 is 5.32 Å². The molecule has 0 radical (unpaired) electrons. The number of carbonyl (C=O) groups is 2. The first-order chi connectivity index (χ1) is 8.16. The Morgan fingerprint density at radius 1 is 1.24 bits per heavy atom. The lowest BCUT2D eigenvalue weighted by molar-refractivity contribution is 0.0908. The molecule has 0 spiro atoms. The third-order valence-corrected chi connectivity index (χ3v) is 4.54. The first-order valence-electron chi connectivity index (χ1n) is 4.77. The topological polar surface area (TPSA) is 46.2 Å². The summed E-state index contributed by atoms with van der Waals surface area (Å²) in [5.74, 6) is -0.283. The largest absolute Gasteiger partial charge is 0.344 e. The summed E-state index contributed by atoms with van der Waals surface area (Å²) in [6.45, 7) is 0.0314. The van der Waals surface area contributed by atoms with Gasteiger partial charge in [-0.2, -0.15) is 0 Å². The molecule has 0 bridgehead atoms. The number of hydrogen-bond donors (Lipinski definition) is 1. The standard InChI is InChI=1S/C11H8BrNO2S2/c12-10-4-3-8(17-10)7(14)6-13-11(15)9-2-1-5-16-9/h1-5H,6H2,(H,13,15). The van der Waals surface area contributed by atoms with Crippen LogP contribution < -0.4 is 5.32 Å². The molecule has 6 heteroatoms. The van der Waals surface area contributed by atoms with Crippen LogP contribution in [0.3, 0.4) is 0 Å². The normalized spacial score (nSPS) is 10.2. The van der Waals surface area contributed by atoms with Crippen LogP contribution in [0.15, 0.2) is 33.4 Å². The highest BCUT2D eigenvalue weighted by Crippen LogP contribution is 2.22. The van der Waals surface area contributed by atoms with E-state index in [1.54, 1.807) is 18.2 Å². The summed E-state index contributed by atoms with van der Waals surface area (Å²) in [5.41, 5.74) is 0. The van der Waals surface area contributed by atoms with E-state index in [4.69, 9.17) is 0 Å². The van der Waals surface area contributed by atoms with E-state index in [0.717, 1.165) is 3.79 Å². The van der Waals surface area contributed by atoms with Crippen molar-refractivity contribution in [2.24, 2.45) is 0 Å². The number of amides is 1. The van der Waals surface area contributed by atoms with E-state index in [1.807, 2.05) is 11.4 Å². The number of thiophene rings is 2. The molecule has 2 aromatic heterocycles. The highest BCUT2D eigenvalue weighted by Gasteiger charge is 2.11. The lowest BCUT2D eigenvalue weighted by atomic mass is 10.3. The molecule has 0 aliphatic carbocycles. The maximum absolute atomic E-state index is 11.7. The van der Waals surface area contributed by atoms with Gasteiger partial charge in [0.2, 0.25) is 0 Å². The van der Waals surface area contributed by atoms with E-state index >= 15 is 0 Å². The molecule has 2 aromatic rings. The molecule has 17 heavy (non-hydrogen) atoms. The molecule has 0 atom stereocenters. The zero-order chi connectivity index (χ0) is 12.3. The van der Waals surface area contributed by atoms with Gasteiger partial charge in [-0.05, 0) is 39.5 Å². The molecule has 0 saturated carbocycles. The number of carbonyl (C=O) groups excluding carboxylic acids is 2. The van der Waals surface area contributed by atoms with Gasteiger partial charge in [-0.15, -0.1) is 22.7 Å². The van der Waals surface area contributed by atoms with E-state index < -0.39 is 0 Å². The Hall–Kier alpha value is -0.980. The number of rotatable bonds is 4. The van der Waals surface area contributed by atoms with E-state index in [9.17, 15) is 9.59 Å². The van der Waals surface area contributed by atoms with Crippen LogP contribution in [0.25, 0.3) is 0 Å². The second-order valence-electron chi connectivity index (χ2n) is 3.19. The van der Waals surface area contributed by atoms with Crippen molar-refractivity contribution in [2.75, 3.05) is 6.54 Å². The second-order valence-corrected chi connectivity index (χ2v) is 6.60. The average Bonchev–Trinajstić information content (AvgIpc) is 2.95. The fourth-order valence-electron chi connectivity index (χ4n) is 1.21. The maximum Gasteiger partial charge on any atom is 0.261 e. The molecule has 0 aliphatic heterocycles. The highest BCUT2D eigenvalue weighted by molar-refractivity contribution is 9.11. The second kappa shape index (κ2) is 5.57. The van der Waals surface area contributed by atoms with Crippen LogP contribution in [-0.4, -0.2) is 18.2 Å². The number of Topliss-reactive ketones (excluding diaryl/α,β-unsaturated/α-hetero) is 1. The molecule has 0 unspecified atom stereocenters. The van der Waals surface area contributed by atoms with E-state index in [-0.39, 0.29) is 18.2 Å². The Labute approximate surface area is 115 Å². The summed E-state index contributed by atoms with van der Waals surface area (Å²) >= 11 is 6.01. The van der Waals surface area contributed by atoms with Crippen molar-refractivity contribution in [3.63, 3.8) is 0 Å². The predicted octanol–water partition coefficient (Wildman–Crippen LogP) is 3.18. The number of ketones is 1. The third-order valence-electron chi connectivity index (χ3n) is 2.00. The highest BCUT2D eigenvalue weighted by atomic mass is 79.9. The minimum atomic E-state index is -0.205. The molecule has 0 fully saturated rings. The van der Waals surface area contributed by atoms with Crippen molar-refractivity contribution in [3.8, 4) is 0 Å². The Balaban J connectivity index is 1.91. The van der Waals surface area contributed by atoms with Crippen molar-refractivity contribution in [3.05, 3.63) is 43.2 Å². The molecule has 1 amide bonds. The summed E-state index contributed by atoms with van der Waals surface area (Å²) in [6, 6.07) is 7.09. The van der Waals surface area contributed by atoms with Crippen LogP contribution >= 0.6 is 38.6 Å². The molecular weight excluding hydrogens is 322 g/mol. The van der Waals surface area contributed by atoms with Crippen LogP contribution in [-0.2, 0) is 0 Å². The molecule has 3 nitrogen and oxygen atoms in total. The van der Waals surface area contributed by atoms with Crippen LogP contribution in [0, 0.1) is 0 Å². The monoisotopic (exact) mass is 329 g/mol. The van der Waals surface area contributed by atoms with Crippen LogP contribution in [0.5, 0.6) is 0 Å². The molecule has 1 N–H and O–H groups in total. The van der Waals surface area contributed by atoms with Crippen molar-refractivity contribution >= 4 is 50.3 Å². The van der Waals surface area contributed by atoms with Crippen molar-refractivity contribution < 1.29 is 9.59 Å². The average molecular weight is 330 g/mol. The zero-order valence-electron chi connectivity index (χ0n) is 8.60. The van der Waals surface area contributed by atoms with Gasteiger partial charge in [0.1, 0.15) is 0 Å². The molecule has 88 valence electrons. The maximum atomic E-state index is 11.7. The van der Waals surface area contributed by atoms with Crippen molar-refractivity contribution in [2.45, 2.75) is 0 Å². The first-order valence-corrected chi connectivity index (χ1v) is 7.26. The fourth-order valence-corrected chi connectivity index (χ4v) is 3.17. The Morgan fingerprint density at radius 3 is 2.65 bits per heavy atom. The number of nitrogens with one attached hydrogen (secondary N) is 1. The lowest BCUT2D eigenvalue weighted by Crippen LogP contribution is -2.28. The molecule has 0 saturated heterocycles. The first kappa shape index (κ1) is 12.5. The van der Waals surface area contributed by atoms with Gasteiger partial charge in [0.05, 0.1) is 20.1 Å². The van der Waals surface area contributed by atoms with Gasteiger partial charge in [0.15, 0.2) is 5.78 Å². The summed E-state index contributed by atoms with van der Waals surface area (Å²) in [4.78, 5) is 24.6. The summed E-state index contributed by atoms with van der Waals surface area (Å²) in [7, 11) is 0.